The number of carbonyl (C=O) groups excluding carboxylic acids is 3. The molecule has 4 aromatic rings. The van der Waals surface area contributed by atoms with E-state index in [9.17, 15) is 14.4 Å². The molecule has 1 aliphatic rings. The molecule has 1 heterocycles. The van der Waals surface area contributed by atoms with Gasteiger partial charge < -0.3 is 25.5 Å². The Balaban J connectivity index is 0.00000370. The fraction of sp³-hybridized carbons (Fsp3) is 0.300. The minimum absolute atomic E-state index is 0. The molecular formula is C30H31Cl2N3O5. The summed E-state index contributed by atoms with van der Waals surface area (Å²) in [5.41, 5.74) is 14.1. The van der Waals surface area contributed by atoms with E-state index in [2.05, 4.69) is 0 Å². The summed E-state index contributed by atoms with van der Waals surface area (Å²) in [4.78, 5) is 37.9. The lowest BCUT2D eigenvalue weighted by molar-refractivity contribution is -0.150. The Hall–Kier alpha value is -3.59. The van der Waals surface area contributed by atoms with Gasteiger partial charge in [0.15, 0.2) is 13.3 Å². The Bertz CT molecular complexity index is 1610. The molecule has 1 amide bonds. The summed E-state index contributed by atoms with van der Waals surface area (Å²) < 4.78 is 13.1. The van der Waals surface area contributed by atoms with E-state index in [1.54, 1.807) is 41.1 Å². The molecule has 0 radical (unpaired) electrons. The number of ketones is 1. The van der Waals surface area contributed by atoms with Crippen LogP contribution in [0.25, 0.3) is 21.7 Å². The fourth-order valence-corrected chi connectivity index (χ4v) is 4.77. The largest absolute Gasteiger partial charge is 0.485 e. The summed E-state index contributed by atoms with van der Waals surface area (Å²) >= 11 is 6.08. The van der Waals surface area contributed by atoms with Crippen molar-refractivity contribution in [3.05, 3.63) is 76.4 Å². The van der Waals surface area contributed by atoms with Gasteiger partial charge in [-0.05, 0) is 71.3 Å². The number of ether oxygens (including phenoxy) is 2. The first-order chi connectivity index (χ1) is 18.6. The van der Waals surface area contributed by atoms with Crippen LogP contribution in [-0.4, -0.2) is 34.9 Å². The highest BCUT2D eigenvalue weighted by atomic mass is 35.5. The molecule has 1 atom stereocenters. The molecule has 1 aromatic heterocycles. The van der Waals surface area contributed by atoms with Crippen LogP contribution in [0.15, 0.2) is 54.7 Å². The lowest BCUT2D eigenvalue weighted by atomic mass is 10.0. The van der Waals surface area contributed by atoms with Gasteiger partial charge in [0.2, 0.25) is 5.78 Å². The Morgan fingerprint density at radius 3 is 2.45 bits per heavy atom. The maximum atomic E-state index is 13.4. The van der Waals surface area contributed by atoms with Gasteiger partial charge in [-0.15, -0.1) is 12.4 Å². The molecule has 0 bridgehead atoms. The highest BCUT2D eigenvalue weighted by molar-refractivity contribution is 6.31. The number of hydrogen-bond acceptors (Lipinski definition) is 6. The molecule has 1 aliphatic carbocycles. The van der Waals surface area contributed by atoms with E-state index in [1.807, 2.05) is 32.0 Å². The summed E-state index contributed by atoms with van der Waals surface area (Å²) in [6, 6.07) is 13.8. The molecule has 0 spiro atoms. The number of benzene rings is 3. The Kier molecular flexibility index (Phi) is 8.73. The van der Waals surface area contributed by atoms with Crippen molar-refractivity contribution in [2.24, 2.45) is 17.4 Å². The monoisotopic (exact) mass is 583 g/mol. The SMILES string of the molecule is CC(C)[C@H](N)C(=O)OCn1cc(C(=O)COc2cc3ccc(Cl)cc3cc2C(N)=O)c2ccc(C3CC3)cc21.Cl. The second-order valence-corrected chi connectivity index (χ2v) is 10.8. The van der Waals surface area contributed by atoms with Gasteiger partial charge in [0.05, 0.1) is 11.1 Å². The number of esters is 1. The Morgan fingerprint density at radius 2 is 1.77 bits per heavy atom. The predicted molar refractivity (Wildman–Crippen MR) is 157 cm³/mol. The lowest BCUT2D eigenvalue weighted by Gasteiger charge is -2.15. The lowest BCUT2D eigenvalue weighted by Crippen LogP contribution is -2.37. The smallest absolute Gasteiger partial charge is 0.324 e. The van der Waals surface area contributed by atoms with E-state index in [-0.39, 0.29) is 48.8 Å². The van der Waals surface area contributed by atoms with Gasteiger partial charge in [-0.2, -0.15) is 0 Å². The van der Waals surface area contributed by atoms with Crippen LogP contribution < -0.4 is 16.2 Å². The zero-order valence-corrected chi connectivity index (χ0v) is 23.8. The number of Topliss-reactive ketones (excluding diaryl/α,β-unsaturated/α-hetero) is 1. The third-order valence-corrected chi connectivity index (χ3v) is 7.35. The standard InChI is InChI=1S/C30H30ClN3O5.ClH/c1-16(2)28(32)30(37)39-15-34-13-24(22-8-6-18(11-25(22)34)17-3-4-17)26(35)14-38-27-12-19-5-7-21(31)9-20(19)10-23(27)29(33)36;/h5-13,16-17,28H,3-4,14-15,32H2,1-2H3,(H2,33,36);1H/t28-;/m0./s1. The first-order valence-electron chi connectivity index (χ1n) is 12.9. The quantitative estimate of drug-likeness (QED) is 0.185. The highest BCUT2D eigenvalue weighted by Gasteiger charge is 2.26. The van der Waals surface area contributed by atoms with Crippen LogP contribution in [-0.2, 0) is 16.3 Å². The summed E-state index contributed by atoms with van der Waals surface area (Å²) in [6.07, 6.45) is 3.92. The maximum Gasteiger partial charge on any atom is 0.324 e. The second-order valence-electron chi connectivity index (χ2n) is 10.3. The van der Waals surface area contributed by atoms with Crippen LogP contribution in [0.3, 0.4) is 0 Å². The predicted octanol–water partition coefficient (Wildman–Crippen LogP) is 5.59. The molecular weight excluding hydrogens is 553 g/mol. The number of amides is 1. The molecule has 1 saturated carbocycles. The third kappa shape index (κ3) is 6.09. The van der Waals surface area contributed by atoms with Crippen LogP contribution in [0.5, 0.6) is 5.75 Å². The van der Waals surface area contributed by atoms with Crippen LogP contribution in [0, 0.1) is 5.92 Å². The van der Waals surface area contributed by atoms with Gasteiger partial charge in [-0.25, -0.2) is 0 Å². The summed E-state index contributed by atoms with van der Waals surface area (Å²) in [6.45, 7) is 3.31. The summed E-state index contributed by atoms with van der Waals surface area (Å²) in [5.74, 6) is -0.820. The normalized spacial score (nSPS) is 13.7. The molecule has 4 N–H and O–H groups in total. The zero-order valence-electron chi connectivity index (χ0n) is 22.2. The first-order valence-corrected chi connectivity index (χ1v) is 13.2. The van der Waals surface area contributed by atoms with Crippen molar-refractivity contribution >= 4 is 63.3 Å². The van der Waals surface area contributed by atoms with E-state index < -0.39 is 17.9 Å². The molecule has 3 aromatic carbocycles. The Morgan fingerprint density at radius 1 is 1.02 bits per heavy atom. The fourth-order valence-electron chi connectivity index (χ4n) is 4.59. The molecule has 0 unspecified atom stereocenters. The van der Waals surface area contributed by atoms with Crippen molar-refractivity contribution in [3.8, 4) is 5.75 Å². The van der Waals surface area contributed by atoms with Crippen molar-refractivity contribution in [2.75, 3.05) is 6.61 Å². The van der Waals surface area contributed by atoms with Crippen LogP contribution in [0.4, 0.5) is 0 Å². The third-order valence-electron chi connectivity index (χ3n) is 7.12. The van der Waals surface area contributed by atoms with Crippen molar-refractivity contribution in [3.63, 3.8) is 0 Å². The zero-order chi connectivity index (χ0) is 27.8. The number of carbonyl (C=O) groups is 3. The number of fused-ring (bicyclic) bond motifs is 2. The van der Waals surface area contributed by atoms with E-state index in [0.717, 1.165) is 34.5 Å². The van der Waals surface area contributed by atoms with E-state index in [4.69, 9.17) is 32.5 Å². The van der Waals surface area contributed by atoms with Crippen LogP contribution in [0.2, 0.25) is 5.02 Å². The van der Waals surface area contributed by atoms with Crippen LogP contribution in [0.1, 0.15) is 58.9 Å². The van der Waals surface area contributed by atoms with Crippen molar-refractivity contribution < 1.29 is 23.9 Å². The molecule has 0 aliphatic heterocycles. The van der Waals surface area contributed by atoms with Gasteiger partial charge in [0, 0.05) is 22.2 Å². The molecule has 40 heavy (non-hydrogen) atoms. The minimum Gasteiger partial charge on any atom is -0.485 e. The van der Waals surface area contributed by atoms with E-state index in [0.29, 0.717) is 16.5 Å². The maximum absolute atomic E-state index is 13.4. The van der Waals surface area contributed by atoms with Gasteiger partial charge in [-0.1, -0.05) is 43.6 Å². The first kappa shape index (κ1) is 29.4. The molecule has 10 heteroatoms. The highest BCUT2D eigenvalue weighted by Crippen LogP contribution is 2.41. The topological polar surface area (TPSA) is 127 Å². The average Bonchev–Trinajstić information content (AvgIpc) is 3.70. The van der Waals surface area contributed by atoms with Crippen molar-refractivity contribution in [1.29, 1.82) is 0 Å². The molecule has 210 valence electrons. The van der Waals surface area contributed by atoms with Crippen LogP contribution >= 0.6 is 24.0 Å². The molecule has 8 nitrogen and oxygen atoms in total. The summed E-state index contributed by atoms with van der Waals surface area (Å²) in [5, 5.41) is 2.77. The Labute approximate surface area is 242 Å². The van der Waals surface area contributed by atoms with Gasteiger partial charge in [0.1, 0.15) is 11.8 Å². The van der Waals surface area contributed by atoms with Gasteiger partial charge in [0.25, 0.3) is 5.91 Å². The number of aromatic nitrogens is 1. The van der Waals surface area contributed by atoms with Gasteiger partial charge >= 0.3 is 5.97 Å². The van der Waals surface area contributed by atoms with Crippen molar-refractivity contribution in [2.45, 2.75) is 45.4 Å². The number of halogens is 2. The number of primary amides is 1. The molecule has 1 fully saturated rings. The number of hydrogen-bond donors (Lipinski definition) is 2. The minimum atomic E-state index is -0.735. The van der Waals surface area contributed by atoms with E-state index in [1.165, 1.54) is 5.56 Å². The molecule has 0 saturated heterocycles. The van der Waals surface area contributed by atoms with Crippen molar-refractivity contribution in [1.82, 2.24) is 4.57 Å². The number of nitrogens with zero attached hydrogens (tertiary/aromatic N) is 1. The number of nitrogens with two attached hydrogens (primary N) is 2. The number of rotatable bonds is 10. The van der Waals surface area contributed by atoms with E-state index >= 15 is 0 Å². The second kappa shape index (κ2) is 11.9. The molecule has 5 rings (SSSR count). The summed E-state index contributed by atoms with van der Waals surface area (Å²) in [7, 11) is 0. The van der Waals surface area contributed by atoms with Gasteiger partial charge in [-0.3, -0.25) is 14.4 Å². The average molecular weight is 585 g/mol.